The largest absolute Gasteiger partial charge is 0.319 e. The van der Waals surface area contributed by atoms with E-state index in [9.17, 15) is 13.2 Å². The van der Waals surface area contributed by atoms with Crippen LogP contribution in [0, 0.1) is 13.8 Å². The maximum absolute atomic E-state index is 13.3. The molecular weight excluding hydrogens is 454 g/mol. The van der Waals surface area contributed by atoms with Gasteiger partial charge >= 0.3 is 0 Å². The van der Waals surface area contributed by atoms with Crippen molar-refractivity contribution in [3.63, 3.8) is 0 Å². The third-order valence-electron chi connectivity index (χ3n) is 6.54. The van der Waals surface area contributed by atoms with Crippen molar-refractivity contribution in [2.24, 2.45) is 12.0 Å². The molecule has 6 nitrogen and oxygen atoms in total. The highest BCUT2D eigenvalue weighted by molar-refractivity contribution is 7.89. The van der Waals surface area contributed by atoms with E-state index < -0.39 is 10.0 Å². The van der Waals surface area contributed by atoms with Gasteiger partial charge < -0.3 is 4.57 Å². The molecular formula is C25H31N3O3S2. The van der Waals surface area contributed by atoms with Crippen LogP contribution in [0.15, 0.2) is 46.3 Å². The van der Waals surface area contributed by atoms with E-state index in [2.05, 4.69) is 24.0 Å². The molecule has 8 heteroatoms. The molecule has 0 N–H and O–H groups in total. The summed E-state index contributed by atoms with van der Waals surface area (Å²) in [5.41, 5.74) is 3.74. The summed E-state index contributed by atoms with van der Waals surface area (Å²) in [6.07, 6.45) is 5.13. The van der Waals surface area contributed by atoms with E-state index >= 15 is 0 Å². The molecule has 33 heavy (non-hydrogen) atoms. The minimum atomic E-state index is -3.60. The number of hydrogen-bond donors (Lipinski definition) is 0. The molecule has 1 aromatic heterocycles. The number of sulfonamides is 1. The number of nitrogens with zero attached hydrogens (tertiary/aromatic N) is 3. The fraction of sp³-hybridized carbons (Fsp3) is 0.440. The maximum Gasteiger partial charge on any atom is 0.279 e. The van der Waals surface area contributed by atoms with Crippen molar-refractivity contribution in [3.05, 3.63) is 57.9 Å². The highest BCUT2D eigenvalue weighted by atomic mass is 32.2. The number of aryl methyl sites for hydroxylation is 3. The Morgan fingerprint density at radius 2 is 1.70 bits per heavy atom. The van der Waals surface area contributed by atoms with Crippen molar-refractivity contribution >= 4 is 37.5 Å². The van der Waals surface area contributed by atoms with Crippen molar-refractivity contribution < 1.29 is 13.2 Å². The second-order valence-corrected chi connectivity index (χ2v) is 11.6. The first-order valence-electron chi connectivity index (χ1n) is 11.5. The van der Waals surface area contributed by atoms with Crippen molar-refractivity contribution in [2.75, 3.05) is 6.54 Å². The molecule has 3 aromatic rings. The van der Waals surface area contributed by atoms with Gasteiger partial charge in [-0.2, -0.15) is 9.30 Å². The lowest BCUT2D eigenvalue weighted by atomic mass is 9.95. The molecule has 1 amide bonds. The second kappa shape index (κ2) is 9.52. The lowest BCUT2D eigenvalue weighted by Gasteiger charge is -2.32. The quantitative estimate of drug-likeness (QED) is 0.514. The fourth-order valence-electron chi connectivity index (χ4n) is 4.72. The predicted molar refractivity (Wildman–Crippen MR) is 133 cm³/mol. The van der Waals surface area contributed by atoms with Crippen molar-refractivity contribution in [1.29, 1.82) is 0 Å². The molecule has 0 saturated heterocycles. The SMILES string of the molecule is CCN(C1CCCCC1)S(=O)(=O)c1ccc(C(=O)N=c2sc3c(C)ccc(C)c3n2C)cc1. The first kappa shape index (κ1) is 23.9. The number of thiazole rings is 1. The van der Waals surface area contributed by atoms with Gasteiger partial charge in [0.05, 0.1) is 15.1 Å². The molecule has 4 rings (SSSR count). The summed E-state index contributed by atoms with van der Waals surface area (Å²) in [5, 5.41) is 0. The zero-order valence-electron chi connectivity index (χ0n) is 19.7. The third-order valence-corrected chi connectivity index (χ3v) is 9.85. The first-order valence-corrected chi connectivity index (χ1v) is 13.8. The smallest absolute Gasteiger partial charge is 0.279 e. The van der Waals surface area contributed by atoms with Gasteiger partial charge in [0.25, 0.3) is 5.91 Å². The summed E-state index contributed by atoms with van der Waals surface area (Å²) in [6, 6.07) is 10.4. The average Bonchev–Trinajstić information content (AvgIpc) is 3.14. The van der Waals surface area contributed by atoms with Crippen LogP contribution in [0.3, 0.4) is 0 Å². The summed E-state index contributed by atoms with van der Waals surface area (Å²) >= 11 is 1.49. The molecule has 1 fully saturated rings. The van der Waals surface area contributed by atoms with Crippen molar-refractivity contribution in [3.8, 4) is 0 Å². The van der Waals surface area contributed by atoms with Gasteiger partial charge in [-0.3, -0.25) is 4.79 Å². The molecule has 1 aliphatic carbocycles. The molecule has 0 atom stereocenters. The van der Waals surface area contributed by atoms with E-state index in [4.69, 9.17) is 0 Å². The number of rotatable bonds is 5. The lowest BCUT2D eigenvalue weighted by Crippen LogP contribution is -2.41. The number of benzene rings is 2. The Kier molecular flexibility index (Phi) is 6.88. The third kappa shape index (κ3) is 4.56. The number of carbonyl (C=O) groups excluding carboxylic acids is 1. The van der Waals surface area contributed by atoms with E-state index in [-0.39, 0.29) is 16.8 Å². The Hall–Kier alpha value is -2.29. The molecule has 1 saturated carbocycles. The van der Waals surface area contributed by atoms with Crippen LogP contribution in [0.5, 0.6) is 0 Å². The Labute approximate surface area is 199 Å². The van der Waals surface area contributed by atoms with Crippen LogP contribution in [-0.4, -0.2) is 35.8 Å². The number of aromatic nitrogens is 1. The second-order valence-electron chi connectivity index (χ2n) is 8.76. The van der Waals surface area contributed by atoms with Crippen LogP contribution in [0.4, 0.5) is 0 Å². The van der Waals surface area contributed by atoms with Crippen LogP contribution in [0.2, 0.25) is 0 Å². The van der Waals surface area contributed by atoms with Gasteiger partial charge in [0.15, 0.2) is 4.80 Å². The number of hydrogen-bond acceptors (Lipinski definition) is 4. The Morgan fingerprint density at radius 3 is 2.30 bits per heavy atom. The average molecular weight is 486 g/mol. The molecule has 0 radical (unpaired) electrons. The molecule has 176 valence electrons. The molecule has 1 aliphatic rings. The molecule has 1 heterocycles. The summed E-state index contributed by atoms with van der Waals surface area (Å²) in [6.45, 7) is 6.43. The maximum atomic E-state index is 13.3. The molecule has 0 unspecified atom stereocenters. The predicted octanol–water partition coefficient (Wildman–Crippen LogP) is 4.94. The van der Waals surface area contributed by atoms with Gasteiger partial charge in [-0.05, 0) is 62.1 Å². The fourth-order valence-corrected chi connectivity index (χ4v) is 7.58. The summed E-state index contributed by atoms with van der Waals surface area (Å²) in [7, 11) is -1.68. The van der Waals surface area contributed by atoms with Gasteiger partial charge in [-0.25, -0.2) is 8.42 Å². The van der Waals surface area contributed by atoms with Gasteiger partial charge in [0.2, 0.25) is 10.0 Å². The minimum absolute atomic E-state index is 0.0601. The highest BCUT2D eigenvalue weighted by Gasteiger charge is 2.31. The van der Waals surface area contributed by atoms with E-state index in [1.807, 2.05) is 25.5 Å². The molecule has 0 bridgehead atoms. The summed E-state index contributed by atoms with van der Waals surface area (Å²) < 4.78 is 31.2. The van der Waals surface area contributed by atoms with Crippen molar-refractivity contribution in [1.82, 2.24) is 8.87 Å². The Bertz CT molecular complexity index is 1350. The van der Waals surface area contributed by atoms with Crippen LogP contribution < -0.4 is 4.80 Å². The van der Waals surface area contributed by atoms with Crippen molar-refractivity contribution in [2.45, 2.75) is 63.8 Å². The van der Waals surface area contributed by atoms with Crippen LogP contribution in [0.25, 0.3) is 10.2 Å². The van der Waals surface area contributed by atoms with E-state index in [1.54, 1.807) is 16.4 Å². The zero-order valence-corrected chi connectivity index (χ0v) is 21.3. The first-order chi connectivity index (χ1) is 15.7. The number of fused-ring (bicyclic) bond motifs is 1. The summed E-state index contributed by atoms with van der Waals surface area (Å²) in [4.78, 5) is 18.1. The van der Waals surface area contributed by atoms with Gasteiger partial charge in [0, 0.05) is 25.2 Å². The highest BCUT2D eigenvalue weighted by Crippen LogP contribution is 2.28. The van der Waals surface area contributed by atoms with E-state index in [0.29, 0.717) is 16.9 Å². The molecule has 2 aromatic carbocycles. The number of carbonyl (C=O) groups is 1. The normalized spacial score (nSPS) is 16.1. The Balaban J connectivity index is 1.63. The topological polar surface area (TPSA) is 71.7 Å². The monoisotopic (exact) mass is 485 g/mol. The summed E-state index contributed by atoms with van der Waals surface area (Å²) in [5.74, 6) is -0.379. The lowest BCUT2D eigenvalue weighted by molar-refractivity contribution is 0.0998. The van der Waals surface area contributed by atoms with E-state index in [0.717, 1.165) is 47.0 Å². The van der Waals surface area contributed by atoms with Gasteiger partial charge in [0.1, 0.15) is 0 Å². The van der Waals surface area contributed by atoms with Gasteiger partial charge in [-0.15, -0.1) is 0 Å². The molecule has 0 spiro atoms. The van der Waals surface area contributed by atoms with Crippen LogP contribution in [-0.2, 0) is 17.1 Å². The zero-order chi connectivity index (χ0) is 23.8. The van der Waals surface area contributed by atoms with Gasteiger partial charge in [-0.1, -0.05) is 49.7 Å². The minimum Gasteiger partial charge on any atom is -0.319 e. The van der Waals surface area contributed by atoms with Crippen LogP contribution in [0.1, 0.15) is 60.5 Å². The van der Waals surface area contributed by atoms with E-state index in [1.165, 1.54) is 29.9 Å². The Morgan fingerprint density at radius 1 is 1.06 bits per heavy atom. The van der Waals surface area contributed by atoms with Crippen LogP contribution >= 0.6 is 11.3 Å². The standard InChI is InChI=1S/C25H31N3O3S2/c1-5-28(20-9-7-6-8-10-20)33(30,31)21-15-13-19(14-16-21)24(29)26-25-27(4)22-17(2)11-12-18(3)23(22)32-25/h11-16,20H,5-10H2,1-4H3. The number of amides is 1. The molecule has 0 aliphatic heterocycles.